The number of nitrogens with zero attached hydrogens (tertiary/aromatic N) is 1. The minimum Gasteiger partial charge on any atom is -0.357 e. The lowest BCUT2D eigenvalue weighted by Gasteiger charge is -2.43. The molecule has 0 aromatic carbocycles. The van der Waals surface area contributed by atoms with Gasteiger partial charge in [0.25, 0.3) is 5.91 Å². The van der Waals surface area contributed by atoms with Crippen molar-refractivity contribution in [3.8, 4) is 0 Å². The number of carbonyl (C=O) groups excluding carboxylic acids is 2. The maximum Gasteiger partial charge on any atom is 0.267 e. The number of aromatic nitrogens is 1. The van der Waals surface area contributed by atoms with Gasteiger partial charge in [-0.15, -0.1) is 0 Å². The van der Waals surface area contributed by atoms with Crippen molar-refractivity contribution in [2.45, 2.75) is 81.8 Å². The number of amides is 2. The summed E-state index contributed by atoms with van der Waals surface area (Å²) in [6.45, 7) is 2.12. The number of likely N-dealkylation sites (tertiary alicyclic amines) is 1. The fraction of sp³-hybridized carbons (Fsp3) is 0.714. The summed E-state index contributed by atoms with van der Waals surface area (Å²) in [7, 11) is 0. The van der Waals surface area contributed by atoms with Crippen LogP contribution in [0.2, 0.25) is 0 Å². The highest BCUT2D eigenvalue weighted by Gasteiger charge is 2.46. The summed E-state index contributed by atoms with van der Waals surface area (Å²) < 4.78 is 0. The zero-order valence-electron chi connectivity index (χ0n) is 16.1. The molecule has 0 radical (unpaired) electrons. The van der Waals surface area contributed by atoms with Crippen LogP contribution in [0.25, 0.3) is 0 Å². The first-order chi connectivity index (χ1) is 13.2. The third-order valence-corrected chi connectivity index (χ3v) is 6.76. The molecule has 6 heteroatoms. The fourth-order valence-electron chi connectivity index (χ4n) is 5.27. The van der Waals surface area contributed by atoms with Crippen LogP contribution >= 0.6 is 0 Å². The third kappa shape index (κ3) is 3.91. The maximum atomic E-state index is 13.3. The van der Waals surface area contributed by atoms with Crippen molar-refractivity contribution in [2.24, 2.45) is 0 Å². The number of nitrogens with one attached hydrogen (secondary N) is 3. The van der Waals surface area contributed by atoms with Crippen molar-refractivity contribution >= 4 is 11.8 Å². The van der Waals surface area contributed by atoms with E-state index in [1.807, 2.05) is 6.07 Å². The quantitative estimate of drug-likeness (QED) is 0.743. The van der Waals surface area contributed by atoms with Crippen LogP contribution in [-0.2, 0) is 4.79 Å². The molecule has 2 heterocycles. The molecule has 3 fully saturated rings. The van der Waals surface area contributed by atoms with Gasteiger partial charge in [-0.2, -0.15) is 0 Å². The van der Waals surface area contributed by atoms with Gasteiger partial charge in [-0.3, -0.25) is 14.5 Å². The van der Waals surface area contributed by atoms with Crippen LogP contribution in [0, 0.1) is 0 Å². The maximum absolute atomic E-state index is 13.3. The van der Waals surface area contributed by atoms with Gasteiger partial charge in [-0.05, 0) is 70.2 Å². The lowest BCUT2D eigenvalue weighted by molar-refractivity contribution is -0.136. The summed E-state index contributed by atoms with van der Waals surface area (Å²) in [4.78, 5) is 31.0. The predicted octanol–water partition coefficient (Wildman–Crippen LogP) is 2.58. The van der Waals surface area contributed by atoms with E-state index in [1.165, 1.54) is 19.3 Å². The molecule has 2 aliphatic carbocycles. The molecule has 1 aromatic rings. The van der Waals surface area contributed by atoms with E-state index in [1.54, 1.807) is 12.3 Å². The normalized spacial score (nSPS) is 28.1. The zero-order chi connectivity index (χ0) is 18.7. The number of hydrogen-bond acceptors (Lipinski definition) is 3. The first-order valence-corrected chi connectivity index (χ1v) is 10.7. The van der Waals surface area contributed by atoms with Gasteiger partial charge in [0.15, 0.2) is 0 Å². The second-order valence-corrected chi connectivity index (χ2v) is 8.52. The lowest BCUT2D eigenvalue weighted by Crippen LogP contribution is -2.60. The van der Waals surface area contributed by atoms with E-state index in [4.69, 9.17) is 0 Å². The molecule has 1 saturated heterocycles. The Labute approximate surface area is 161 Å². The summed E-state index contributed by atoms with van der Waals surface area (Å²) in [5.74, 6) is 0.184. The van der Waals surface area contributed by atoms with E-state index >= 15 is 0 Å². The number of hydrogen-bond donors (Lipinski definition) is 3. The Kier molecular flexibility index (Phi) is 5.53. The van der Waals surface area contributed by atoms with Crippen LogP contribution in [0.4, 0.5) is 0 Å². The molecule has 3 aliphatic rings. The lowest BCUT2D eigenvalue weighted by atomic mass is 9.79. The van der Waals surface area contributed by atoms with Gasteiger partial charge in [0, 0.05) is 18.3 Å². The summed E-state index contributed by atoms with van der Waals surface area (Å²) in [6, 6.07) is 3.93. The minimum atomic E-state index is -0.277. The summed E-state index contributed by atoms with van der Waals surface area (Å²) in [5, 5.41) is 6.46. The number of aromatic amines is 1. The highest BCUT2D eigenvalue weighted by Crippen LogP contribution is 2.36. The van der Waals surface area contributed by atoms with Crippen molar-refractivity contribution in [3.05, 3.63) is 24.0 Å². The predicted molar refractivity (Wildman–Crippen MR) is 104 cm³/mol. The molecule has 4 rings (SSSR count). The zero-order valence-corrected chi connectivity index (χ0v) is 16.1. The molecule has 27 heavy (non-hydrogen) atoms. The van der Waals surface area contributed by atoms with Crippen LogP contribution in [0.5, 0.6) is 0 Å². The molecule has 2 amide bonds. The van der Waals surface area contributed by atoms with Crippen LogP contribution in [0.1, 0.15) is 74.7 Å². The number of H-pyrrole nitrogens is 1. The average Bonchev–Trinajstić information content (AvgIpc) is 3.45. The van der Waals surface area contributed by atoms with Gasteiger partial charge in [0.2, 0.25) is 5.91 Å². The van der Waals surface area contributed by atoms with Crippen molar-refractivity contribution in [1.29, 1.82) is 0 Å². The topological polar surface area (TPSA) is 77.2 Å². The van der Waals surface area contributed by atoms with Crippen molar-refractivity contribution in [2.75, 3.05) is 13.1 Å². The largest absolute Gasteiger partial charge is 0.357 e. The Bertz CT molecular complexity index is 645. The molecule has 3 N–H and O–H groups in total. The molecule has 1 aliphatic heterocycles. The van der Waals surface area contributed by atoms with E-state index in [0.717, 1.165) is 58.0 Å². The highest BCUT2D eigenvalue weighted by atomic mass is 16.2. The van der Waals surface area contributed by atoms with E-state index in [2.05, 4.69) is 20.5 Å². The van der Waals surface area contributed by atoms with Crippen LogP contribution in [0.15, 0.2) is 18.3 Å². The van der Waals surface area contributed by atoms with Crippen LogP contribution in [-0.4, -0.2) is 52.4 Å². The van der Waals surface area contributed by atoms with E-state index in [0.29, 0.717) is 5.69 Å². The van der Waals surface area contributed by atoms with Gasteiger partial charge < -0.3 is 15.6 Å². The Morgan fingerprint density at radius 3 is 2.37 bits per heavy atom. The third-order valence-electron chi connectivity index (χ3n) is 6.76. The molecule has 2 saturated carbocycles. The molecular formula is C21H32N4O2. The Morgan fingerprint density at radius 2 is 1.70 bits per heavy atom. The minimum absolute atomic E-state index is 0.0576. The monoisotopic (exact) mass is 372 g/mol. The molecule has 2 atom stereocenters. The van der Waals surface area contributed by atoms with Gasteiger partial charge in [-0.25, -0.2) is 0 Å². The van der Waals surface area contributed by atoms with Crippen molar-refractivity contribution < 1.29 is 9.59 Å². The summed E-state index contributed by atoms with van der Waals surface area (Å²) >= 11 is 0. The highest BCUT2D eigenvalue weighted by molar-refractivity contribution is 5.92. The first kappa shape index (κ1) is 18.5. The van der Waals surface area contributed by atoms with Crippen LogP contribution < -0.4 is 10.6 Å². The molecule has 148 valence electrons. The van der Waals surface area contributed by atoms with E-state index in [-0.39, 0.29) is 29.4 Å². The summed E-state index contributed by atoms with van der Waals surface area (Å²) in [5.41, 5.74) is 0.318. The van der Waals surface area contributed by atoms with Gasteiger partial charge in [0.05, 0.1) is 0 Å². The molecule has 0 spiro atoms. The number of rotatable bonds is 5. The summed E-state index contributed by atoms with van der Waals surface area (Å²) in [6.07, 6.45) is 12.4. The molecule has 0 bridgehead atoms. The molecule has 6 nitrogen and oxygen atoms in total. The molecule has 1 aromatic heterocycles. The standard InChI is InChI=1S/C21H32N4O2/c26-19(18-7-6-12-22-18)23-16-8-9-17(15-16)24-20(27)21(10-2-1-3-11-21)25-13-4-5-14-25/h6-7,12,16-17,22H,1-5,8-11,13-15H2,(H,23,26)(H,24,27)/t16-,17+/m0/s1. The number of carbonyl (C=O) groups is 2. The SMILES string of the molecule is O=C(N[C@H]1CC[C@@H](NC(=O)C2(N3CCCC3)CCCCC2)C1)c1ccc[nH]1. The van der Waals surface area contributed by atoms with Crippen LogP contribution in [0.3, 0.4) is 0 Å². The Morgan fingerprint density at radius 1 is 1.00 bits per heavy atom. The Balaban J connectivity index is 1.34. The van der Waals surface area contributed by atoms with E-state index < -0.39 is 0 Å². The second kappa shape index (κ2) is 8.05. The molecule has 0 unspecified atom stereocenters. The average molecular weight is 373 g/mol. The van der Waals surface area contributed by atoms with Crippen molar-refractivity contribution in [3.63, 3.8) is 0 Å². The van der Waals surface area contributed by atoms with Gasteiger partial charge in [0.1, 0.15) is 11.2 Å². The van der Waals surface area contributed by atoms with E-state index in [9.17, 15) is 9.59 Å². The Hall–Kier alpha value is -1.82. The fourth-order valence-corrected chi connectivity index (χ4v) is 5.27. The van der Waals surface area contributed by atoms with Crippen molar-refractivity contribution in [1.82, 2.24) is 20.5 Å². The van der Waals surface area contributed by atoms with Gasteiger partial charge >= 0.3 is 0 Å². The smallest absolute Gasteiger partial charge is 0.267 e. The molecular weight excluding hydrogens is 340 g/mol. The first-order valence-electron chi connectivity index (χ1n) is 10.7. The van der Waals surface area contributed by atoms with Gasteiger partial charge in [-0.1, -0.05) is 19.3 Å². The second-order valence-electron chi connectivity index (χ2n) is 8.52.